The van der Waals surface area contributed by atoms with Crippen LogP contribution in [-0.2, 0) is 17.0 Å². The first-order valence-corrected chi connectivity index (χ1v) is 9.79. The van der Waals surface area contributed by atoms with Gasteiger partial charge in [-0.05, 0) is 53.6 Å². The number of ether oxygens (including phenoxy) is 2. The summed E-state index contributed by atoms with van der Waals surface area (Å²) in [5, 5.41) is 2.93. The summed E-state index contributed by atoms with van der Waals surface area (Å²) in [6, 6.07) is 17.3. The van der Waals surface area contributed by atoms with E-state index in [1.165, 1.54) is 5.56 Å². The summed E-state index contributed by atoms with van der Waals surface area (Å²) in [4.78, 5) is 17.6. The summed E-state index contributed by atoms with van der Waals surface area (Å²) in [6.45, 7) is 0. The van der Waals surface area contributed by atoms with Crippen molar-refractivity contribution in [3.63, 3.8) is 0 Å². The monoisotopic (exact) mass is 394 g/mol. The highest BCUT2D eigenvalue weighted by atomic mass is 32.2. The number of carbonyl (C=O) groups is 1. The summed E-state index contributed by atoms with van der Waals surface area (Å²) < 4.78 is 10.5. The number of thioether (sulfide) groups is 1. The predicted octanol–water partition coefficient (Wildman–Crippen LogP) is 4.57. The Morgan fingerprint density at radius 1 is 1.00 bits per heavy atom. The molecule has 1 amide bonds. The lowest BCUT2D eigenvalue weighted by Crippen LogP contribution is -2.14. The Kier molecular flexibility index (Phi) is 6.92. The van der Waals surface area contributed by atoms with Crippen molar-refractivity contribution in [2.24, 2.45) is 0 Å². The van der Waals surface area contributed by atoms with E-state index in [-0.39, 0.29) is 12.3 Å². The van der Waals surface area contributed by atoms with Gasteiger partial charge in [-0.3, -0.25) is 9.78 Å². The molecule has 0 aliphatic heterocycles. The lowest BCUT2D eigenvalue weighted by molar-refractivity contribution is -0.115. The molecule has 1 aromatic heterocycles. The van der Waals surface area contributed by atoms with Crippen molar-refractivity contribution in [3.05, 3.63) is 78.1 Å². The zero-order valence-corrected chi connectivity index (χ0v) is 16.7. The molecule has 0 bridgehead atoms. The first-order chi connectivity index (χ1) is 13.7. The van der Waals surface area contributed by atoms with Crippen LogP contribution in [-0.4, -0.2) is 25.1 Å². The number of amides is 1. The Morgan fingerprint density at radius 3 is 2.46 bits per heavy atom. The van der Waals surface area contributed by atoms with E-state index in [0.717, 1.165) is 21.9 Å². The van der Waals surface area contributed by atoms with Crippen LogP contribution >= 0.6 is 11.8 Å². The standard InChI is InChI=1S/C22H22N2O3S/c1-26-20-10-5-16(12-21(20)27-2)13-22(25)24-18-6-8-19(9-7-18)28-15-17-4-3-11-23-14-17/h3-12,14H,13,15H2,1-2H3,(H,24,25). The Hall–Kier alpha value is -2.99. The van der Waals surface area contributed by atoms with Crippen LogP contribution in [0.15, 0.2) is 71.9 Å². The lowest BCUT2D eigenvalue weighted by atomic mass is 10.1. The molecule has 28 heavy (non-hydrogen) atoms. The highest BCUT2D eigenvalue weighted by Crippen LogP contribution is 2.28. The molecule has 0 unspecified atom stereocenters. The van der Waals surface area contributed by atoms with Crippen molar-refractivity contribution < 1.29 is 14.3 Å². The minimum atomic E-state index is -0.0806. The molecule has 6 heteroatoms. The molecule has 2 aromatic carbocycles. The molecule has 3 aromatic rings. The van der Waals surface area contributed by atoms with Crippen LogP contribution in [0.25, 0.3) is 0 Å². The lowest BCUT2D eigenvalue weighted by Gasteiger charge is -2.10. The molecular weight excluding hydrogens is 372 g/mol. The number of nitrogens with one attached hydrogen (secondary N) is 1. The molecule has 0 saturated carbocycles. The smallest absolute Gasteiger partial charge is 0.228 e. The molecule has 1 N–H and O–H groups in total. The van der Waals surface area contributed by atoms with Crippen molar-refractivity contribution >= 4 is 23.4 Å². The van der Waals surface area contributed by atoms with Gasteiger partial charge in [0.1, 0.15) is 0 Å². The van der Waals surface area contributed by atoms with Gasteiger partial charge < -0.3 is 14.8 Å². The molecule has 0 fully saturated rings. The number of methoxy groups -OCH3 is 2. The molecule has 0 aliphatic rings. The van der Waals surface area contributed by atoms with Gasteiger partial charge in [0.05, 0.1) is 20.6 Å². The second kappa shape index (κ2) is 9.80. The number of hydrogen-bond acceptors (Lipinski definition) is 5. The number of nitrogens with zero attached hydrogens (tertiary/aromatic N) is 1. The minimum absolute atomic E-state index is 0.0806. The maximum Gasteiger partial charge on any atom is 0.228 e. The quantitative estimate of drug-likeness (QED) is 0.567. The van der Waals surface area contributed by atoms with E-state index in [2.05, 4.69) is 16.4 Å². The topological polar surface area (TPSA) is 60.5 Å². The molecule has 5 nitrogen and oxygen atoms in total. The number of pyridine rings is 1. The van der Waals surface area contributed by atoms with Crippen molar-refractivity contribution in [1.82, 2.24) is 4.98 Å². The second-order valence-electron chi connectivity index (χ2n) is 6.09. The van der Waals surface area contributed by atoms with Crippen molar-refractivity contribution in [1.29, 1.82) is 0 Å². The second-order valence-corrected chi connectivity index (χ2v) is 7.14. The van der Waals surface area contributed by atoms with Gasteiger partial charge in [0.25, 0.3) is 0 Å². The molecule has 3 rings (SSSR count). The van der Waals surface area contributed by atoms with Gasteiger partial charge in [0.15, 0.2) is 11.5 Å². The average molecular weight is 394 g/mol. The summed E-state index contributed by atoms with van der Waals surface area (Å²) in [5.74, 6) is 2.04. The SMILES string of the molecule is COc1ccc(CC(=O)Nc2ccc(SCc3cccnc3)cc2)cc1OC. The van der Waals surface area contributed by atoms with E-state index in [1.54, 1.807) is 38.2 Å². The van der Waals surface area contributed by atoms with Crippen molar-refractivity contribution in [2.45, 2.75) is 17.1 Å². The van der Waals surface area contributed by atoms with Crippen LogP contribution in [0.1, 0.15) is 11.1 Å². The van der Waals surface area contributed by atoms with Crippen LogP contribution < -0.4 is 14.8 Å². The van der Waals surface area contributed by atoms with Crippen molar-refractivity contribution in [2.75, 3.05) is 19.5 Å². The van der Waals surface area contributed by atoms with Gasteiger partial charge in [-0.2, -0.15) is 0 Å². The summed E-state index contributed by atoms with van der Waals surface area (Å²) >= 11 is 1.73. The van der Waals surface area contributed by atoms with Gasteiger partial charge in [0, 0.05) is 28.7 Å². The molecule has 144 valence electrons. The van der Waals surface area contributed by atoms with Gasteiger partial charge in [-0.15, -0.1) is 11.8 Å². The number of benzene rings is 2. The van der Waals surface area contributed by atoms with Crippen LogP contribution in [0, 0.1) is 0 Å². The normalized spacial score (nSPS) is 10.4. The fourth-order valence-corrected chi connectivity index (χ4v) is 3.50. The molecule has 0 spiro atoms. The highest BCUT2D eigenvalue weighted by molar-refractivity contribution is 7.98. The van der Waals surface area contributed by atoms with E-state index < -0.39 is 0 Å². The number of hydrogen-bond donors (Lipinski definition) is 1. The average Bonchev–Trinajstić information content (AvgIpc) is 2.74. The largest absolute Gasteiger partial charge is 0.493 e. The molecule has 0 aliphatic carbocycles. The summed E-state index contributed by atoms with van der Waals surface area (Å²) in [7, 11) is 3.17. The van der Waals surface area contributed by atoms with E-state index >= 15 is 0 Å². The highest BCUT2D eigenvalue weighted by Gasteiger charge is 2.09. The zero-order chi connectivity index (χ0) is 19.8. The summed E-state index contributed by atoms with van der Waals surface area (Å²) in [6.07, 6.45) is 3.90. The maximum absolute atomic E-state index is 12.3. The Balaban J connectivity index is 1.54. The first kappa shape index (κ1) is 19.8. The number of rotatable bonds is 8. The Morgan fingerprint density at radius 2 is 1.79 bits per heavy atom. The first-order valence-electron chi connectivity index (χ1n) is 8.80. The molecule has 0 saturated heterocycles. The fraction of sp³-hybridized carbons (Fsp3) is 0.182. The van der Waals surface area contributed by atoms with Crippen LogP contribution in [0.4, 0.5) is 5.69 Å². The number of anilines is 1. The Labute approximate surface area is 169 Å². The number of aromatic nitrogens is 1. The molecule has 1 heterocycles. The Bertz CT molecular complexity index is 915. The third kappa shape index (κ3) is 5.50. The molecule has 0 radical (unpaired) electrons. The maximum atomic E-state index is 12.3. The van der Waals surface area contributed by atoms with Crippen LogP contribution in [0.5, 0.6) is 11.5 Å². The van der Waals surface area contributed by atoms with Crippen molar-refractivity contribution in [3.8, 4) is 11.5 Å². The van der Waals surface area contributed by atoms with Gasteiger partial charge in [0.2, 0.25) is 5.91 Å². The molecule has 0 atom stereocenters. The zero-order valence-electron chi connectivity index (χ0n) is 15.8. The van der Waals surface area contributed by atoms with Gasteiger partial charge in [-0.25, -0.2) is 0 Å². The van der Waals surface area contributed by atoms with Crippen LogP contribution in [0.2, 0.25) is 0 Å². The van der Waals surface area contributed by atoms with E-state index in [0.29, 0.717) is 11.5 Å². The van der Waals surface area contributed by atoms with Crippen LogP contribution in [0.3, 0.4) is 0 Å². The van der Waals surface area contributed by atoms with E-state index in [9.17, 15) is 4.79 Å². The number of carbonyl (C=O) groups excluding carboxylic acids is 1. The molecular formula is C22H22N2O3S. The summed E-state index contributed by atoms with van der Waals surface area (Å²) in [5.41, 5.74) is 2.81. The third-order valence-electron chi connectivity index (χ3n) is 4.08. The van der Waals surface area contributed by atoms with E-state index in [1.807, 2.05) is 48.7 Å². The fourth-order valence-electron chi connectivity index (χ4n) is 2.67. The predicted molar refractivity (Wildman–Crippen MR) is 112 cm³/mol. The van der Waals surface area contributed by atoms with Gasteiger partial charge in [-0.1, -0.05) is 12.1 Å². The minimum Gasteiger partial charge on any atom is -0.493 e. The van der Waals surface area contributed by atoms with Gasteiger partial charge >= 0.3 is 0 Å². The third-order valence-corrected chi connectivity index (χ3v) is 5.16. The van der Waals surface area contributed by atoms with E-state index in [4.69, 9.17) is 9.47 Å².